The number of aromatic nitrogens is 1. The van der Waals surface area contributed by atoms with Crippen molar-refractivity contribution in [2.75, 3.05) is 14.2 Å². The van der Waals surface area contributed by atoms with Crippen molar-refractivity contribution < 1.29 is 14.6 Å². The Morgan fingerprint density at radius 1 is 0.621 bits per heavy atom. The molecule has 0 bridgehead atoms. The average Bonchev–Trinajstić information content (AvgIpc) is 2.79. The molecule has 0 fully saturated rings. The molecule has 0 saturated heterocycles. The predicted octanol–water partition coefficient (Wildman–Crippen LogP) is 5.81. The van der Waals surface area contributed by atoms with E-state index in [1.165, 1.54) is 0 Å². The highest BCUT2D eigenvalue weighted by Gasteiger charge is 2.14. The van der Waals surface area contributed by atoms with Gasteiger partial charge in [-0.15, -0.1) is 0 Å². The van der Waals surface area contributed by atoms with E-state index < -0.39 is 0 Å². The van der Waals surface area contributed by atoms with Crippen molar-refractivity contribution in [2.24, 2.45) is 0 Å². The number of phenolic OH excluding ortho intramolecular Hbond substituents is 1. The second kappa shape index (κ2) is 8.07. The van der Waals surface area contributed by atoms with Gasteiger partial charge in [0.25, 0.3) is 0 Å². The fraction of sp³-hybridized carbons (Fsp3) is 0.0800. The summed E-state index contributed by atoms with van der Waals surface area (Å²) in [7, 11) is 3.31. The highest BCUT2D eigenvalue weighted by molar-refractivity contribution is 5.80. The number of aromatic hydroxyl groups is 1. The van der Waals surface area contributed by atoms with Gasteiger partial charge in [-0.2, -0.15) is 0 Å². The van der Waals surface area contributed by atoms with Crippen molar-refractivity contribution in [1.82, 2.24) is 4.98 Å². The third-order valence-corrected chi connectivity index (χ3v) is 4.79. The fourth-order valence-corrected chi connectivity index (χ4v) is 3.34. The Labute approximate surface area is 170 Å². The van der Waals surface area contributed by atoms with Crippen LogP contribution in [0, 0.1) is 0 Å². The van der Waals surface area contributed by atoms with Gasteiger partial charge >= 0.3 is 0 Å². The highest BCUT2D eigenvalue weighted by atomic mass is 16.5. The van der Waals surface area contributed by atoms with E-state index in [1.54, 1.807) is 26.4 Å². The first-order chi connectivity index (χ1) is 14.2. The van der Waals surface area contributed by atoms with Crippen LogP contribution in [0.25, 0.3) is 33.6 Å². The van der Waals surface area contributed by atoms with Crippen LogP contribution < -0.4 is 9.47 Å². The number of phenols is 1. The molecule has 4 aromatic rings. The van der Waals surface area contributed by atoms with E-state index in [9.17, 15) is 5.11 Å². The molecule has 0 spiro atoms. The summed E-state index contributed by atoms with van der Waals surface area (Å²) in [6, 6.07) is 26.9. The number of benzene rings is 3. The standard InChI is InChI=1S/C25H21NO3/c1-28-24-9-5-3-7-20(24)22-15-18(17-11-13-19(27)14-12-17)16-23(26-22)21-8-4-6-10-25(21)29-2/h3-16,27H,1-2H3. The van der Waals surface area contributed by atoms with Gasteiger partial charge in [-0.25, -0.2) is 4.98 Å². The summed E-state index contributed by atoms with van der Waals surface area (Å²) in [6.45, 7) is 0. The Morgan fingerprint density at radius 3 is 1.59 bits per heavy atom. The van der Waals surface area contributed by atoms with Crippen molar-refractivity contribution in [1.29, 1.82) is 0 Å². The third kappa shape index (κ3) is 3.78. The molecule has 1 N–H and O–H groups in total. The number of ether oxygens (including phenoxy) is 2. The molecule has 4 heteroatoms. The molecule has 3 aromatic carbocycles. The van der Waals surface area contributed by atoms with Gasteiger partial charge < -0.3 is 14.6 Å². The first-order valence-electron chi connectivity index (χ1n) is 9.28. The van der Waals surface area contributed by atoms with Gasteiger partial charge in [-0.05, 0) is 59.7 Å². The molecule has 0 aliphatic heterocycles. The molecule has 0 unspecified atom stereocenters. The molecule has 1 heterocycles. The Bertz CT molecular complexity index is 1070. The van der Waals surface area contributed by atoms with E-state index in [2.05, 4.69) is 0 Å². The average molecular weight is 383 g/mol. The summed E-state index contributed by atoms with van der Waals surface area (Å²) in [4.78, 5) is 4.92. The Balaban J connectivity index is 1.96. The van der Waals surface area contributed by atoms with E-state index in [1.807, 2.05) is 72.8 Å². The lowest BCUT2D eigenvalue weighted by Gasteiger charge is -2.14. The van der Waals surface area contributed by atoms with Crippen molar-refractivity contribution in [2.45, 2.75) is 0 Å². The second-order valence-electron chi connectivity index (χ2n) is 6.57. The molecule has 0 atom stereocenters. The lowest BCUT2D eigenvalue weighted by atomic mass is 9.99. The minimum absolute atomic E-state index is 0.234. The van der Waals surface area contributed by atoms with E-state index in [0.717, 1.165) is 45.1 Å². The molecule has 4 rings (SSSR count). The normalized spacial score (nSPS) is 10.6. The highest BCUT2D eigenvalue weighted by Crippen LogP contribution is 2.36. The Kier molecular flexibility index (Phi) is 5.16. The zero-order valence-electron chi connectivity index (χ0n) is 16.3. The molecular formula is C25H21NO3. The number of hydrogen-bond acceptors (Lipinski definition) is 4. The van der Waals surface area contributed by atoms with Gasteiger partial charge in [-0.3, -0.25) is 0 Å². The maximum Gasteiger partial charge on any atom is 0.128 e. The minimum atomic E-state index is 0.234. The molecule has 0 radical (unpaired) electrons. The lowest BCUT2D eigenvalue weighted by Crippen LogP contribution is -1.95. The molecule has 0 aliphatic rings. The molecular weight excluding hydrogens is 362 g/mol. The zero-order chi connectivity index (χ0) is 20.2. The maximum atomic E-state index is 9.66. The van der Waals surface area contributed by atoms with Gasteiger partial charge in [0.05, 0.1) is 25.6 Å². The summed E-state index contributed by atoms with van der Waals surface area (Å²) < 4.78 is 11.1. The van der Waals surface area contributed by atoms with Crippen LogP contribution in [-0.2, 0) is 0 Å². The van der Waals surface area contributed by atoms with Crippen LogP contribution in [0.2, 0.25) is 0 Å². The lowest BCUT2D eigenvalue weighted by molar-refractivity contribution is 0.416. The maximum absolute atomic E-state index is 9.66. The summed E-state index contributed by atoms with van der Waals surface area (Å²) in [5, 5.41) is 9.66. The number of hydrogen-bond donors (Lipinski definition) is 1. The molecule has 1 aromatic heterocycles. The van der Waals surface area contributed by atoms with Crippen LogP contribution in [0.1, 0.15) is 0 Å². The first-order valence-corrected chi connectivity index (χ1v) is 9.28. The molecule has 4 nitrogen and oxygen atoms in total. The Hall–Kier alpha value is -3.79. The minimum Gasteiger partial charge on any atom is -0.508 e. The van der Waals surface area contributed by atoms with E-state index in [0.29, 0.717) is 0 Å². The van der Waals surface area contributed by atoms with Gasteiger partial charge in [0.15, 0.2) is 0 Å². The molecule has 0 aliphatic carbocycles. The quantitative estimate of drug-likeness (QED) is 0.473. The summed E-state index contributed by atoms with van der Waals surface area (Å²) in [5.41, 5.74) is 5.39. The van der Waals surface area contributed by atoms with E-state index in [4.69, 9.17) is 14.5 Å². The van der Waals surface area contributed by atoms with Crippen LogP contribution in [0.4, 0.5) is 0 Å². The summed E-state index contributed by atoms with van der Waals surface area (Å²) >= 11 is 0. The second-order valence-corrected chi connectivity index (χ2v) is 6.57. The molecule has 144 valence electrons. The van der Waals surface area contributed by atoms with Gasteiger partial charge in [0, 0.05) is 11.1 Å². The number of methoxy groups -OCH3 is 2. The number of pyridine rings is 1. The predicted molar refractivity (Wildman–Crippen MR) is 115 cm³/mol. The van der Waals surface area contributed by atoms with Crippen LogP contribution in [0.15, 0.2) is 84.9 Å². The monoisotopic (exact) mass is 383 g/mol. The van der Waals surface area contributed by atoms with Crippen molar-refractivity contribution in [3.63, 3.8) is 0 Å². The summed E-state index contributed by atoms with van der Waals surface area (Å²) in [6.07, 6.45) is 0. The number of rotatable bonds is 5. The van der Waals surface area contributed by atoms with Gasteiger partial charge in [-0.1, -0.05) is 36.4 Å². The summed E-state index contributed by atoms with van der Waals surface area (Å²) in [5.74, 6) is 1.75. The van der Waals surface area contributed by atoms with Crippen LogP contribution in [0.3, 0.4) is 0 Å². The molecule has 0 saturated carbocycles. The van der Waals surface area contributed by atoms with E-state index in [-0.39, 0.29) is 5.75 Å². The van der Waals surface area contributed by atoms with Crippen LogP contribution >= 0.6 is 0 Å². The topological polar surface area (TPSA) is 51.6 Å². The van der Waals surface area contributed by atoms with Crippen molar-refractivity contribution >= 4 is 0 Å². The zero-order valence-corrected chi connectivity index (χ0v) is 16.3. The molecule has 29 heavy (non-hydrogen) atoms. The number of nitrogens with zero attached hydrogens (tertiary/aromatic N) is 1. The Morgan fingerprint density at radius 2 is 1.10 bits per heavy atom. The molecule has 0 amide bonds. The van der Waals surface area contributed by atoms with Crippen LogP contribution in [0.5, 0.6) is 17.2 Å². The largest absolute Gasteiger partial charge is 0.508 e. The van der Waals surface area contributed by atoms with Crippen molar-refractivity contribution in [3.8, 4) is 50.9 Å². The number of para-hydroxylation sites is 2. The smallest absolute Gasteiger partial charge is 0.128 e. The van der Waals surface area contributed by atoms with E-state index >= 15 is 0 Å². The van der Waals surface area contributed by atoms with Crippen molar-refractivity contribution in [3.05, 3.63) is 84.9 Å². The van der Waals surface area contributed by atoms with Gasteiger partial charge in [0.2, 0.25) is 0 Å². The van der Waals surface area contributed by atoms with Gasteiger partial charge in [0.1, 0.15) is 17.2 Å². The first kappa shape index (κ1) is 18.6. The fourth-order valence-electron chi connectivity index (χ4n) is 3.34. The third-order valence-electron chi connectivity index (χ3n) is 4.79. The SMILES string of the molecule is COc1ccccc1-c1cc(-c2ccc(O)cc2)cc(-c2ccccc2OC)n1. The van der Waals surface area contributed by atoms with Crippen LogP contribution in [-0.4, -0.2) is 24.3 Å².